The number of ketones is 2. The summed E-state index contributed by atoms with van der Waals surface area (Å²) in [6, 6.07) is 22.6. The Labute approximate surface area is 298 Å². The van der Waals surface area contributed by atoms with E-state index in [1.165, 1.54) is 12.2 Å². The largest absolute Gasteiger partial charge is 0.491 e. The second-order valence-corrected chi connectivity index (χ2v) is 13.7. The molecule has 0 atom stereocenters. The van der Waals surface area contributed by atoms with Gasteiger partial charge in [0.1, 0.15) is 35.9 Å². The summed E-state index contributed by atoms with van der Waals surface area (Å²) in [7, 11) is 0. The number of amides is 2. The van der Waals surface area contributed by atoms with Gasteiger partial charge in [0.05, 0.1) is 19.5 Å². The van der Waals surface area contributed by atoms with Gasteiger partial charge in [0.15, 0.2) is 11.6 Å². The summed E-state index contributed by atoms with van der Waals surface area (Å²) in [5.74, 6) is 0.636. The Balaban J connectivity index is 1.33. The summed E-state index contributed by atoms with van der Waals surface area (Å²) in [5, 5.41) is 8.81. The summed E-state index contributed by atoms with van der Waals surface area (Å²) >= 11 is 0. The van der Waals surface area contributed by atoms with Crippen molar-refractivity contribution in [2.45, 2.75) is 59.2 Å². The van der Waals surface area contributed by atoms with Gasteiger partial charge in [-0.15, -0.1) is 0 Å². The number of ether oxygens (including phenoxy) is 4. The highest BCUT2D eigenvalue weighted by atomic mass is 16.6. The Morgan fingerprint density at radius 2 is 0.922 bits per heavy atom. The van der Waals surface area contributed by atoms with Gasteiger partial charge in [0.2, 0.25) is 0 Å². The van der Waals surface area contributed by atoms with E-state index >= 15 is 0 Å². The van der Waals surface area contributed by atoms with Gasteiger partial charge in [0, 0.05) is 10.8 Å². The number of benzene rings is 4. The molecular formula is C41H46N2O8. The Hall–Kier alpha value is -5.64. The van der Waals surface area contributed by atoms with E-state index in [2.05, 4.69) is 10.6 Å². The smallest absolute Gasteiger partial charge is 0.407 e. The van der Waals surface area contributed by atoms with E-state index in [1.54, 1.807) is 53.7 Å². The Morgan fingerprint density at radius 3 is 1.29 bits per heavy atom. The molecule has 51 heavy (non-hydrogen) atoms. The molecule has 4 aromatic rings. The molecule has 4 rings (SSSR count). The van der Waals surface area contributed by atoms with Crippen molar-refractivity contribution in [2.24, 2.45) is 0 Å². The Morgan fingerprint density at radius 1 is 0.549 bits per heavy atom. The van der Waals surface area contributed by atoms with Gasteiger partial charge in [-0.25, -0.2) is 9.59 Å². The van der Waals surface area contributed by atoms with Crippen LogP contribution in [0.3, 0.4) is 0 Å². The SMILES string of the molecule is CC(C)(C)OC(=O)NCCOc1ccc(/C=C/C(=O)CC(=O)/C=C/c2ccc(OCCNC(=O)OC(C)(C)C)c3ccccc23)c2ccccc12. The second-order valence-electron chi connectivity index (χ2n) is 13.7. The molecule has 0 bridgehead atoms. The number of carbonyl (C=O) groups is 4. The summed E-state index contributed by atoms with van der Waals surface area (Å²) in [4.78, 5) is 49.4. The van der Waals surface area contributed by atoms with Crippen LogP contribution in [0.2, 0.25) is 0 Å². The predicted octanol–water partition coefficient (Wildman–Crippen LogP) is 8.05. The lowest BCUT2D eigenvalue weighted by Crippen LogP contribution is -2.34. The first-order valence-corrected chi connectivity index (χ1v) is 16.8. The van der Waals surface area contributed by atoms with Crippen molar-refractivity contribution < 1.29 is 38.1 Å². The molecular weight excluding hydrogens is 648 g/mol. The van der Waals surface area contributed by atoms with Crippen LogP contribution in [0.4, 0.5) is 9.59 Å². The number of nitrogens with one attached hydrogen (secondary N) is 2. The van der Waals surface area contributed by atoms with Gasteiger partial charge in [0.25, 0.3) is 0 Å². The molecule has 0 aliphatic carbocycles. The van der Waals surface area contributed by atoms with Crippen LogP contribution in [0.25, 0.3) is 33.7 Å². The van der Waals surface area contributed by atoms with Crippen molar-refractivity contribution in [2.75, 3.05) is 26.3 Å². The van der Waals surface area contributed by atoms with Crippen LogP contribution in [0.5, 0.6) is 11.5 Å². The third-order valence-corrected chi connectivity index (χ3v) is 7.14. The fourth-order valence-corrected chi connectivity index (χ4v) is 5.04. The molecule has 2 N–H and O–H groups in total. The number of hydrogen-bond donors (Lipinski definition) is 2. The zero-order valence-corrected chi connectivity index (χ0v) is 30.0. The maximum absolute atomic E-state index is 12.8. The molecule has 2 amide bonds. The van der Waals surface area contributed by atoms with Crippen molar-refractivity contribution in [3.8, 4) is 11.5 Å². The third kappa shape index (κ3) is 12.3. The summed E-state index contributed by atoms with van der Waals surface area (Å²) < 4.78 is 22.4. The van der Waals surface area contributed by atoms with E-state index in [0.29, 0.717) is 11.5 Å². The Kier molecular flexibility index (Phi) is 13.0. The van der Waals surface area contributed by atoms with Crippen LogP contribution in [0.1, 0.15) is 59.1 Å². The van der Waals surface area contributed by atoms with Crippen molar-refractivity contribution >= 4 is 57.4 Å². The molecule has 10 heteroatoms. The molecule has 0 aliphatic heterocycles. The molecule has 10 nitrogen and oxygen atoms in total. The minimum atomic E-state index is -0.582. The molecule has 0 fully saturated rings. The minimum Gasteiger partial charge on any atom is -0.491 e. The quantitative estimate of drug-likeness (QED) is 0.0771. The fraction of sp³-hybridized carbons (Fsp3) is 0.317. The zero-order valence-electron chi connectivity index (χ0n) is 30.0. The highest BCUT2D eigenvalue weighted by Crippen LogP contribution is 2.30. The third-order valence-electron chi connectivity index (χ3n) is 7.14. The highest BCUT2D eigenvalue weighted by Gasteiger charge is 2.17. The van der Waals surface area contributed by atoms with Crippen LogP contribution >= 0.6 is 0 Å². The number of carbonyl (C=O) groups excluding carboxylic acids is 4. The van der Waals surface area contributed by atoms with Gasteiger partial charge in [-0.3, -0.25) is 9.59 Å². The molecule has 0 aliphatic rings. The first kappa shape index (κ1) is 38.2. The van der Waals surface area contributed by atoms with Gasteiger partial charge in [-0.2, -0.15) is 0 Å². The average molecular weight is 695 g/mol. The van der Waals surface area contributed by atoms with Crippen LogP contribution in [-0.4, -0.2) is 61.3 Å². The van der Waals surface area contributed by atoms with Gasteiger partial charge < -0.3 is 29.6 Å². The number of rotatable bonds is 14. The van der Waals surface area contributed by atoms with E-state index in [-0.39, 0.29) is 44.3 Å². The highest BCUT2D eigenvalue weighted by molar-refractivity contribution is 6.12. The molecule has 0 spiro atoms. The molecule has 0 heterocycles. The van der Waals surface area contributed by atoms with Crippen LogP contribution in [0, 0.1) is 0 Å². The lowest BCUT2D eigenvalue weighted by molar-refractivity contribution is -0.121. The lowest BCUT2D eigenvalue weighted by atomic mass is 10.0. The summed E-state index contributed by atoms with van der Waals surface area (Å²) in [5.41, 5.74) is 0.440. The molecule has 0 saturated carbocycles. The monoisotopic (exact) mass is 694 g/mol. The molecule has 4 aromatic carbocycles. The number of fused-ring (bicyclic) bond motifs is 2. The maximum Gasteiger partial charge on any atom is 0.407 e. The normalized spacial score (nSPS) is 11.9. The van der Waals surface area contributed by atoms with Gasteiger partial charge >= 0.3 is 12.2 Å². The van der Waals surface area contributed by atoms with Crippen molar-refractivity contribution in [3.63, 3.8) is 0 Å². The lowest BCUT2D eigenvalue weighted by Gasteiger charge is -2.19. The first-order valence-electron chi connectivity index (χ1n) is 16.8. The zero-order chi connectivity index (χ0) is 37.0. The van der Waals surface area contributed by atoms with Crippen LogP contribution in [0.15, 0.2) is 84.9 Å². The average Bonchev–Trinajstić information content (AvgIpc) is 3.05. The van der Waals surface area contributed by atoms with E-state index in [9.17, 15) is 19.2 Å². The topological polar surface area (TPSA) is 129 Å². The standard InChI is InChI=1S/C41H46N2O8/c1-40(2,3)50-38(46)42-23-25-48-36-21-17-28(32-11-7-9-13-34(32)36)15-19-30(44)27-31(45)20-16-29-18-22-37(35-14-10-8-12-33(29)35)49-26-24-43-39(47)51-41(4,5)6/h7-22H,23-27H2,1-6H3,(H,42,46)(H,43,47)/b19-15+,20-16+. The summed E-state index contributed by atoms with van der Waals surface area (Å²) in [6.45, 7) is 11.8. The first-order chi connectivity index (χ1) is 24.2. The molecule has 0 unspecified atom stereocenters. The van der Waals surface area contributed by atoms with E-state index in [4.69, 9.17) is 18.9 Å². The van der Waals surface area contributed by atoms with Gasteiger partial charge in [-0.1, -0.05) is 72.8 Å². The van der Waals surface area contributed by atoms with Crippen LogP contribution < -0.4 is 20.1 Å². The molecule has 268 valence electrons. The Bertz CT molecular complexity index is 1790. The summed E-state index contributed by atoms with van der Waals surface area (Å²) in [6.07, 6.45) is 4.94. The van der Waals surface area contributed by atoms with Gasteiger partial charge in [-0.05, 0) is 87.7 Å². The predicted molar refractivity (Wildman–Crippen MR) is 200 cm³/mol. The molecule has 0 radical (unpaired) electrons. The number of hydrogen-bond acceptors (Lipinski definition) is 8. The van der Waals surface area contributed by atoms with E-state index < -0.39 is 23.4 Å². The van der Waals surface area contributed by atoms with Crippen molar-refractivity contribution in [1.82, 2.24) is 10.6 Å². The van der Waals surface area contributed by atoms with Crippen molar-refractivity contribution in [1.29, 1.82) is 0 Å². The number of alkyl carbamates (subject to hydrolysis) is 2. The number of allylic oxidation sites excluding steroid dienone is 2. The van der Waals surface area contributed by atoms with Crippen molar-refractivity contribution in [3.05, 3.63) is 96.1 Å². The molecule has 0 saturated heterocycles. The second kappa shape index (κ2) is 17.3. The minimum absolute atomic E-state index is 0.245. The van der Waals surface area contributed by atoms with E-state index in [1.807, 2.05) is 72.8 Å². The fourth-order valence-electron chi connectivity index (χ4n) is 5.04. The van der Waals surface area contributed by atoms with Crippen LogP contribution in [-0.2, 0) is 19.1 Å². The maximum atomic E-state index is 12.8. The molecule has 0 aromatic heterocycles. The van der Waals surface area contributed by atoms with E-state index in [0.717, 1.165) is 32.7 Å².